The SMILES string of the molecule is CN(C)CCC(N)c1ccccc1. The first-order valence-corrected chi connectivity index (χ1v) is 4.65. The van der Waals surface area contributed by atoms with Gasteiger partial charge >= 0.3 is 0 Å². The molecule has 0 spiro atoms. The Morgan fingerprint density at radius 1 is 1.23 bits per heavy atom. The highest BCUT2D eigenvalue weighted by Gasteiger charge is 2.04. The molecule has 0 saturated heterocycles. The molecule has 0 aromatic heterocycles. The lowest BCUT2D eigenvalue weighted by atomic mass is 10.1. The van der Waals surface area contributed by atoms with Crippen LogP contribution in [0.1, 0.15) is 18.0 Å². The molecule has 0 bridgehead atoms. The average molecular weight is 178 g/mol. The monoisotopic (exact) mass is 178 g/mol. The molecule has 1 atom stereocenters. The van der Waals surface area contributed by atoms with Gasteiger partial charge in [-0.2, -0.15) is 0 Å². The van der Waals surface area contributed by atoms with Crippen molar-refractivity contribution in [2.24, 2.45) is 5.73 Å². The molecule has 13 heavy (non-hydrogen) atoms. The zero-order chi connectivity index (χ0) is 9.68. The molecule has 2 N–H and O–H groups in total. The second-order valence-electron chi connectivity index (χ2n) is 3.61. The van der Waals surface area contributed by atoms with E-state index in [9.17, 15) is 0 Å². The van der Waals surface area contributed by atoms with E-state index in [0.29, 0.717) is 0 Å². The fourth-order valence-electron chi connectivity index (χ4n) is 1.26. The predicted molar refractivity (Wildman–Crippen MR) is 56.5 cm³/mol. The van der Waals surface area contributed by atoms with Crippen molar-refractivity contribution < 1.29 is 0 Å². The van der Waals surface area contributed by atoms with Crippen molar-refractivity contribution >= 4 is 0 Å². The van der Waals surface area contributed by atoms with Gasteiger partial charge in [0.15, 0.2) is 0 Å². The Hall–Kier alpha value is -0.860. The largest absolute Gasteiger partial charge is 0.324 e. The standard InChI is InChI=1S/C11H18N2/c1-13(2)9-8-11(12)10-6-4-3-5-7-10/h3-7,11H,8-9,12H2,1-2H3. The van der Waals surface area contributed by atoms with Crippen LogP contribution < -0.4 is 5.73 Å². The van der Waals surface area contributed by atoms with Crippen LogP contribution in [0, 0.1) is 0 Å². The van der Waals surface area contributed by atoms with Gasteiger partial charge in [0.25, 0.3) is 0 Å². The predicted octanol–water partition coefficient (Wildman–Crippen LogP) is 1.64. The Bertz CT molecular complexity index is 231. The Morgan fingerprint density at radius 3 is 2.38 bits per heavy atom. The van der Waals surface area contributed by atoms with Gasteiger partial charge in [-0.1, -0.05) is 30.3 Å². The molecule has 0 aliphatic rings. The van der Waals surface area contributed by atoms with Crippen LogP contribution in [0.5, 0.6) is 0 Å². The third kappa shape index (κ3) is 3.57. The summed E-state index contributed by atoms with van der Waals surface area (Å²) in [6.07, 6.45) is 1.01. The summed E-state index contributed by atoms with van der Waals surface area (Å²) in [5.41, 5.74) is 7.24. The van der Waals surface area contributed by atoms with Crippen LogP contribution in [0.3, 0.4) is 0 Å². The molecular weight excluding hydrogens is 160 g/mol. The number of hydrogen-bond acceptors (Lipinski definition) is 2. The van der Waals surface area contributed by atoms with Crippen LogP contribution in [0.4, 0.5) is 0 Å². The Morgan fingerprint density at radius 2 is 1.85 bits per heavy atom. The van der Waals surface area contributed by atoms with Crippen LogP contribution in [0.2, 0.25) is 0 Å². The molecule has 72 valence electrons. The number of nitrogens with two attached hydrogens (primary N) is 1. The van der Waals surface area contributed by atoms with Crippen molar-refractivity contribution in [3.8, 4) is 0 Å². The molecular formula is C11H18N2. The maximum absolute atomic E-state index is 6.02. The van der Waals surface area contributed by atoms with E-state index in [1.807, 2.05) is 18.2 Å². The molecule has 0 heterocycles. The number of nitrogens with zero attached hydrogens (tertiary/aromatic N) is 1. The van der Waals surface area contributed by atoms with Crippen LogP contribution >= 0.6 is 0 Å². The molecule has 1 rings (SSSR count). The molecule has 2 nitrogen and oxygen atoms in total. The maximum Gasteiger partial charge on any atom is 0.0307 e. The van der Waals surface area contributed by atoms with Crippen LogP contribution in [0.15, 0.2) is 30.3 Å². The van der Waals surface area contributed by atoms with E-state index in [1.54, 1.807) is 0 Å². The number of hydrogen-bond donors (Lipinski definition) is 1. The molecule has 1 aromatic carbocycles. The summed E-state index contributed by atoms with van der Waals surface area (Å²) >= 11 is 0. The molecule has 1 aromatic rings. The van der Waals surface area contributed by atoms with Crippen molar-refractivity contribution in [2.75, 3.05) is 20.6 Å². The van der Waals surface area contributed by atoms with E-state index >= 15 is 0 Å². The molecule has 0 radical (unpaired) electrons. The third-order valence-corrected chi connectivity index (χ3v) is 2.12. The molecule has 1 unspecified atom stereocenters. The van der Waals surface area contributed by atoms with Gasteiger partial charge in [-0.3, -0.25) is 0 Å². The Balaban J connectivity index is 2.44. The van der Waals surface area contributed by atoms with Crippen molar-refractivity contribution in [1.29, 1.82) is 0 Å². The third-order valence-electron chi connectivity index (χ3n) is 2.12. The second-order valence-corrected chi connectivity index (χ2v) is 3.61. The van der Waals surface area contributed by atoms with E-state index in [-0.39, 0.29) is 6.04 Å². The summed E-state index contributed by atoms with van der Waals surface area (Å²) in [6, 6.07) is 10.4. The summed E-state index contributed by atoms with van der Waals surface area (Å²) in [4.78, 5) is 2.16. The molecule has 0 amide bonds. The van der Waals surface area contributed by atoms with E-state index in [0.717, 1.165) is 13.0 Å². The first-order chi connectivity index (χ1) is 6.20. The lowest BCUT2D eigenvalue weighted by Crippen LogP contribution is -2.19. The highest BCUT2D eigenvalue weighted by molar-refractivity contribution is 5.18. The number of rotatable bonds is 4. The lowest BCUT2D eigenvalue weighted by molar-refractivity contribution is 0.382. The second kappa shape index (κ2) is 5.00. The first-order valence-electron chi connectivity index (χ1n) is 4.65. The summed E-state index contributed by atoms with van der Waals surface area (Å²) in [7, 11) is 4.13. The lowest BCUT2D eigenvalue weighted by Gasteiger charge is -2.15. The molecule has 0 aliphatic heterocycles. The summed E-state index contributed by atoms with van der Waals surface area (Å²) in [6.45, 7) is 1.04. The first kappa shape index (κ1) is 10.2. The van der Waals surface area contributed by atoms with Crippen molar-refractivity contribution in [3.05, 3.63) is 35.9 Å². The van der Waals surface area contributed by atoms with Crippen LogP contribution in [-0.2, 0) is 0 Å². The highest BCUT2D eigenvalue weighted by Crippen LogP contribution is 2.12. The van der Waals surface area contributed by atoms with Gasteiger partial charge in [0.05, 0.1) is 0 Å². The molecule has 0 saturated carbocycles. The quantitative estimate of drug-likeness (QED) is 0.759. The Labute approximate surface area is 80.4 Å². The average Bonchev–Trinajstić information content (AvgIpc) is 2.15. The van der Waals surface area contributed by atoms with Crippen molar-refractivity contribution in [2.45, 2.75) is 12.5 Å². The Kier molecular flexibility index (Phi) is 3.93. The fraction of sp³-hybridized carbons (Fsp3) is 0.455. The van der Waals surface area contributed by atoms with Crippen molar-refractivity contribution in [3.63, 3.8) is 0 Å². The van der Waals surface area contributed by atoms with Gasteiger partial charge < -0.3 is 10.6 Å². The van der Waals surface area contributed by atoms with Gasteiger partial charge in [0.1, 0.15) is 0 Å². The van der Waals surface area contributed by atoms with E-state index in [1.165, 1.54) is 5.56 Å². The summed E-state index contributed by atoms with van der Waals surface area (Å²) < 4.78 is 0. The van der Waals surface area contributed by atoms with Gasteiger partial charge in [-0.25, -0.2) is 0 Å². The van der Waals surface area contributed by atoms with Crippen LogP contribution in [-0.4, -0.2) is 25.5 Å². The molecule has 0 fully saturated rings. The normalized spacial score (nSPS) is 13.2. The van der Waals surface area contributed by atoms with Crippen LogP contribution in [0.25, 0.3) is 0 Å². The highest BCUT2D eigenvalue weighted by atomic mass is 15.0. The summed E-state index contributed by atoms with van der Waals surface area (Å²) in [5, 5.41) is 0. The minimum Gasteiger partial charge on any atom is -0.324 e. The summed E-state index contributed by atoms with van der Waals surface area (Å²) in [5.74, 6) is 0. The minimum absolute atomic E-state index is 0.170. The van der Waals surface area contributed by atoms with Gasteiger partial charge in [0.2, 0.25) is 0 Å². The molecule has 2 heteroatoms. The molecule has 0 aliphatic carbocycles. The van der Waals surface area contributed by atoms with E-state index < -0.39 is 0 Å². The zero-order valence-electron chi connectivity index (χ0n) is 8.40. The van der Waals surface area contributed by atoms with Gasteiger partial charge in [-0.15, -0.1) is 0 Å². The van der Waals surface area contributed by atoms with E-state index in [4.69, 9.17) is 5.73 Å². The van der Waals surface area contributed by atoms with Crippen molar-refractivity contribution in [1.82, 2.24) is 4.90 Å². The smallest absolute Gasteiger partial charge is 0.0307 e. The minimum atomic E-state index is 0.170. The fourth-order valence-corrected chi connectivity index (χ4v) is 1.26. The number of benzene rings is 1. The topological polar surface area (TPSA) is 29.3 Å². The maximum atomic E-state index is 6.02. The van der Waals surface area contributed by atoms with Gasteiger partial charge in [0, 0.05) is 6.04 Å². The van der Waals surface area contributed by atoms with Gasteiger partial charge in [-0.05, 0) is 32.6 Å². The van der Waals surface area contributed by atoms with E-state index in [2.05, 4.69) is 31.1 Å². The zero-order valence-corrected chi connectivity index (χ0v) is 8.40.